The zero-order valence-corrected chi connectivity index (χ0v) is 17.8. The summed E-state index contributed by atoms with van der Waals surface area (Å²) in [6.45, 7) is 13.4. The fourth-order valence-electron chi connectivity index (χ4n) is 3.38. The molecule has 0 saturated carbocycles. The Balaban J connectivity index is 4.33. The Kier molecular flexibility index (Phi) is 16.0. The van der Waals surface area contributed by atoms with Crippen LogP contribution in [-0.2, 0) is 0 Å². The fraction of sp³-hybridized carbons (Fsp3) is 1.00. The molecule has 0 amide bonds. The van der Waals surface area contributed by atoms with Crippen molar-refractivity contribution < 1.29 is 10.2 Å². The molecule has 4 unspecified atom stereocenters. The second-order valence-electron chi connectivity index (χ2n) is 8.33. The third-order valence-electron chi connectivity index (χ3n) is 5.51. The lowest BCUT2D eigenvalue weighted by atomic mass is 9.99. The van der Waals surface area contributed by atoms with Gasteiger partial charge in [-0.1, -0.05) is 79.6 Å². The van der Waals surface area contributed by atoms with Crippen molar-refractivity contribution in [1.82, 2.24) is 4.90 Å². The van der Waals surface area contributed by atoms with Gasteiger partial charge in [0.25, 0.3) is 0 Å². The van der Waals surface area contributed by atoms with Gasteiger partial charge in [-0.25, -0.2) is 0 Å². The number of rotatable bonds is 17. The third kappa shape index (κ3) is 14.7. The first kappa shape index (κ1) is 24.9. The SMILES string of the molecule is CCCCCCCCN(CC(O)CC(C)CC)CC(O)CC(C)CC. The summed E-state index contributed by atoms with van der Waals surface area (Å²) in [5.41, 5.74) is 0. The minimum atomic E-state index is -0.272. The third-order valence-corrected chi connectivity index (χ3v) is 5.51. The van der Waals surface area contributed by atoms with Gasteiger partial charge in [0.2, 0.25) is 0 Å². The Labute approximate surface area is 158 Å². The molecule has 2 N–H and O–H groups in total. The zero-order chi connectivity index (χ0) is 19.1. The van der Waals surface area contributed by atoms with E-state index >= 15 is 0 Å². The van der Waals surface area contributed by atoms with Gasteiger partial charge in [-0.05, 0) is 37.6 Å². The van der Waals surface area contributed by atoms with E-state index in [1.807, 2.05) is 0 Å². The molecule has 0 aromatic heterocycles. The van der Waals surface area contributed by atoms with Gasteiger partial charge in [-0.2, -0.15) is 0 Å². The molecule has 0 radical (unpaired) electrons. The molecule has 0 heterocycles. The van der Waals surface area contributed by atoms with Gasteiger partial charge >= 0.3 is 0 Å². The maximum absolute atomic E-state index is 10.4. The quantitative estimate of drug-likeness (QED) is 0.350. The highest BCUT2D eigenvalue weighted by Crippen LogP contribution is 2.15. The summed E-state index contributed by atoms with van der Waals surface area (Å²) in [5.74, 6) is 1.13. The van der Waals surface area contributed by atoms with Crippen molar-refractivity contribution in [2.45, 2.75) is 111 Å². The fourth-order valence-corrected chi connectivity index (χ4v) is 3.38. The van der Waals surface area contributed by atoms with Crippen molar-refractivity contribution in [1.29, 1.82) is 0 Å². The molecule has 0 aromatic carbocycles. The van der Waals surface area contributed by atoms with E-state index < -0.39 is 0 Å². The normalized spacial score (nSPS) is 16.8. The van der Waals surface area contributed by atoms with Crippen LogP contribution in [-0.4, -0.2) is 47.0 Å². The van der Waals surface area contributed by atoms with Crippen molar-refractivity contribution in [3.05, 3.63) is 0 Å². The number of nitrogens with zero attached hydrogens (tertiary/aromatic N) is 1. The van der Waals surface area contributed by atoms with Crippen LogP contribution >= 0.6 is 0 Å². The Hall–Kier alpha value is -0.120. The van der Waals surface area contributed by atoms with E-state index in [0.29, 0.717) is 24.9 Å². The Morgan fingerprint density at radius 2 is 1.12 bits per heavy atom. The zero-order valence-electron chi connectivity index (χ0n) is 17.8. The Morgan fingerprint density at radius 3 is 1.56 bits per heavy atom. The molecule has 4 atom stereocenters. The smallest absolute Gasteiger partial charge is 0.0669 e. The monoisotopic (exact) mass is 357 g/mol. The summed E-state index contributed by atoms with van der Waals surface area (Å²) < 4.78 is 0. The highest BCUT2D eigenvalue weighted by atomic mass is 16.3. The summed E-state index contributed by atoms with van der Waals surface area (Å²) >= 11 is 0. The van der Waals surface area contributed by atoms with Crippen LogP contribution in [0.3, 0.4) is 0 Å². The van der Waals surface area contributed by atoms with Crippen LogP contribution in [0.5, 0.6) is 0 Å². The molecule has 0 spiro atoms. The molecule has 152 valence electrons. The van der Waals surface area contributed by atoms with Crippen molar-refractivity contribution >= 4 is 0 Å². The number of hydrogen-bond acceptors (Lipinski definition) is 3. The van der Waals surface area contributed by atoms with Gasteiger partial charge in [-0.3, -0.25) is 4.90 Å². The highest BCUT2D eigenvalue weighted by molar-refractivity contribution is 4.72. The van der Waals surface area contributed by atoms with Crippen molar-refractivity contribution in [2.75, 3.05) is 19.6 Å². The van der Waals surface area contributed by atoms with Crippen LogP contribution in [0.25, 0.3) is 0 Å². The number of hydrogen-bond donors (Lipinski definition) is 2. The average Bonchev–Trinajstić information content (AvgIpc) is 2.57. The van der Waals surface area contributed by atoms with Gasteiger partial charge in [0, 0.05) is 13.1 Å². The minimum Gasteiger partial charge on any atom is -0.392 e. The summed E-state index contributed by atoms with van der Waals surface area (Å²) in [4.78, 5) is 2.31. The van der Waals surface area contributed by atoms with E-state index in [9.17, 15) is 10.2 Å². The largest absolute Gasteiger partial charge is 0.392 e. The molecular weight excluding hydrogens is 310 g/mol. The first-order valence-corrected chi connectivity index (χ1v) is 11.0. The van der Waals surface area contributed by atoms with Crippen molar-refractivity contribution in [3.8, 4) is 0 Å². The lowest BCUT2D eigenvalue weighted by Crippen LogP contribution is -2.39. The molecule has 3 heteroatoms. The number of aliphatic hydroxyl groups excluding tert-OH is 2. The maximum atomic E-state index is 10.4. The van der Waals surface area contributed by atoms with E-state index in [1.54, 1.807) is 0 Å². The van der Waals surface area contributed by atoms with Crippen molar-refractivity contribution in [3.63, 3.8) is 0 Å². The van der Waals surface area contributed by atoms with Gasteiger partial charge in [0.15, 0.2) is 0 Å². The lowest BCUT2D eigenvalue weighted by Gasteiger charge is -2.29. The number of unbranched alkanes of at least 4 members (excludes halogenated alkanes) is 5. The van der Waals surface area contributed by atoms with Crippen molar-refractivity contribution in [2.24, 2.45) is 11.8 Å². The minimum absolute atomic E-state index is 0.272. The highest BCUT2D eigenvalue weighted by Gasteiger charge is 2.18. The Morgan fingerprint density at radius 1 is 0.680 bits per heavy atom. The van der Waals surface area contributed by atoms with Gasteiger partial charge < -0.3 is 10.2 Å². The molecule has 3 nitrogen and oxygen atoms in total. The molecule has 0 aliphatic rings. The first-order chi connectivity index (χ1) is 11.9. The molecule has 25 heavy (non-hydrogen) atoms. The summed E-state index contributed by atoms with van der Waals surface area (Å²) in [5, 5.41) is 20.8. The summed E-state index contributed by atoms with van der Waals surface area (Å²) in [6, 6.07) is 0. The van der Waals surface area contributed by atoms with E-state index in [1.165, 1.54) is 38.5 Å². The van der Waals surface area contributed by atoms with Crippen LogP contribution < -0.4 is 0 Å². The van der Waals surface area contributed by atoms with E-state index in [4.69, 9.17) is 0 Å². The average molecular weight is 358 g/mol. The van der Waals surface area contributed by atoms with Crippen LogP contribution in [0.2, 0.25) is 0 Å². The maximum Gasteiger partial charge on any atom is 0.0669 e. The molecule has 0 bridgehead atoms. The molecule has 0 aromatic rings. The van der Waals surface area contributed by atoms with E-state index in [2.05, 4.69) is 39.5 Å². The lowest BCUT2D eigenvalue weighted by molar-refractivity contribution is 0.0502. The second-order valence-corrected chi connectivity index (χ2v) is 8.33. The van der Waals surface area contributed by atoms with Gasteiger partial charge in [-0.15, -0.1) is 0 Å². The van der Waals surface area contributed by atoms with Crippen LogP contribution in [0.1, 0.15) is 98.8 Å². The van der Waals surface area contributed by atoms with Crippen LogP contribution in [0, 0.1) is 11.8 Å². The molecule has 0 aliphatic heterocycles. The predicted molar refractivity (Wildman–Crippen MR) is 110 cm³/mol. The summed E-state index contributed by atoms with van der Waals surface area (Å²) in [6.07, 6.45) is 11.1. The van der Waals surface area contributed by atoms with Crippen LogP contribution in [0.4, 0.5) is 0 Å². The number of aliphatic hydroxyl groups is 2. The van der Waals surface area contributed by atoms with E-state index in [-0.39, 0.29) is 12.2 Å². The molecule has 0 rings (SSSR count). The first-order valence-electron chi connectivity index (χ1n) is 11.0. The molecule has 0 fully saturated rings. The standard InChI is InChI=1S/C22H47NO2/c1-6-9-10-11-12-13-14-23(17-21(24)15-19(4)7-2)18-22(25)16-20(5)8-3/h19-22,24-25H,6-18H2,1-5H3. The summed E-state index contributed by atoms with van der Waals surface area (Å²) in [7, 11) is 0. The second kappa shape index (κ2) is 16.1. The topological polar surface area (TPSA) is 43.7 Å². The Bertz CT molecular complexity index is 265. The molecular formula is C22H47NO2. The van der Waals surface area contributed by atoms with Crippen LogP contribution in [0.15, 0.2) is 0 Å². The molecule has 0 aliphatic carbocycles. The predicted octanol–water partition coefficient (Wildman–Crippen LogP) is 5.24. The molecule has 0 saturated heterocycles. The van der Waals surface area contributed by atoms with E-state index in [0.717, 1.165) is 32.2 Å². The van der Waals surface area contributed by atoms with Gasteiger partial charge in [0.1, 0.15) is 0 Å². The van der Waals surface area contributed by atoms with Gasteiger partial charge in [0.05, 0.1) is 12.2 Å².